The van der Waals surface area contributed by atoms with Crippen LogP contribution in [0.4, 0.5) is 5.82 Å². The first-order chi connectivity index (χ1) is 9.06. The summed E-state index contributed by atoms with van der Waals surface area (Å²) in [6.45, 7) is 3.60. The van der Waals surface area contributed by atoms with Crippen LogP contribution in [0.5, 0.6) is 0 Å². The molecule has 0 unspecified atom stereocenters. The molecule has 1 aliphatic rings. The average molecular weight is 375 g/mol. The lowest BCUT2D eigenvalue weighted by Crippen LogP contribution is -2.51. The van der Waals surface area contributed by atoms with Gasteiger partial charge in [0.15, 0.2) is 5.82 Å². The molecule has 6 nitrogen and oxygen atoms in total. The fourth-order valence-electron chi connectivity index (χ4n) is 2.03. The van der Waals surface area contributed by atoms with Crippen molar-refractivity contribution in [3.8, 4) is 0 Å². The Morgan fingerprint density at radius 2 is 1.95 bits per heavy atom. The maximum atomic E-state index is 11.9. The molecule has 0 aromatic carbocycles. The van der Waals surface area contributed by atoms with E-state index in [1.54, 1.807) is 0 Å². The summed E-state index contributed by atoms with van der Waals surface area (Å²) in [6, 6.07) is 3.93. The van der Waals surface area contributed by atoms with E-state index in [0.29, 0.717) is 6.54 Å². The topological polar surface area (TPSA) is 52.6 Å². The first-order valence-electron chi connectivity index (χ1n) is 6.23. The lowest BCUT2D eigenvalue weighted by molar-refractivity contribution is -0.132. The lowest BCUT2D eigenvalue weighted by atomic mass is 10.3. The van der Waals surface area contributed by atoms with Gasteiger partial charge in [-0.05, 0) is 48.8 Å². The third-order valence-corrected chi connectivity index (χ3v) is 3.60. The largest absolute Gasteiger partial charge is 0.352 e. The van der Waals surface area contributed by atoms with Crippen LogP contribution in [0.3, 0.4) is 0 Å². The molecule has 104 valence electrons. The van der Waals surface area contributed by atoms with Crippen LogP contribution in [0, 0.1) is 3.70 Å². The summed E-state index contributed by atoms with van der Waals surface area (Å²) in [5.41, 5.74) is 0. The van der Waals surface area contributed by atoms with Crippen LogP contribution in [0.15, 0.2) is 12.1 Å². The van der Waals surface area contributed by atoms with Crippen LogP contribution in [0.25, 0.3) is 0 Å². The van der Waals surface area contributed by atoms with Crippen molar-refractivity contribution < 1.29 is 4.79 Å². The summed E-state index contributed by atoms with van der Waals surface area (Å²) in [6.07, 6.45) is 0. The smallest absolute Gasteiger partial charge is 0.236 e. The molecule has 19 heavy (non-hydrogen) atoms. The molecule has 0 atom stereocenters. The van der Waals surface area contributed by atoms with E-state index in [1.165, 1.54) is 0 Å². The van der Waals surface area contributed by atoms with Gasteiger partial charge in [-0.25, -0.2) is 0 Å². The Bertz CT molecular complexity index is 428. The number of carbonyl (C=O) groups excluding carboxylic acids is 1. The molecule has 0 spiro atoms. The number of carbonyl (C=O) groups is 1. The highest BCUT2D eigenvalue weighted by molar-refractivity contribution is 14.1. The van der Waals surface area contributed by atoms with Gasteiger partial charge in [-0.2, -0.15) is 0 Å². The molecule has 1 fully saturated rings. The standard InChI is InChI=1S/C12H18IN5O/c1-16(2)9-12(19)18-7-5-17(6-8-18)11-4-3-10(13)14-15-11/h3-4H,5-9H2,1-2H3. The van der Waals surface area contributed by atoms with Gasteiger partial charge in [0, 0.05) is 26.2 Å². The van der Waals surface area contributed by atoms with E-state index in [9.17, 15) is 4.79 Å². The lowest BCUT2D eigenvalue weighted by Gasteiger charge is -2.35. The summed E-state index contributed by atoms with van der Waals surface area (Å²) in [5, 5.41) is 8.23. The summed E-state index contributed by atoms with van der Waals surface area (Å²) >= 11 is 2.14. The molecule has 2 heterocycles. The van der Waals surface area contributed by atoms with Gasteiger partial charge >= 0.3 is 0 Å². The molecular formula is C12H18IN5O. The molecule has 7 heteroatoms. The number of hydrogen-bond acceptors (Lipinski definition) is 5. The number of rotatable bonds is 3. The van der Waals surface area contributed by atoms with E-state index in [0.717, 1.165) is 35.7 Å². The van der Waals surface area contributed by atoms with Crippen molar-refractivity contribution in [1.82, 2.24) is 20.0 Å². The maximum Gasteiger partial charge on any atom is 0.236 e. The fraction of sp³-hybridized carbons (Fsp3) is 0.583. The Balaban J connectivity index is 1.88. The molecule has 0 aliphatic carbocycles. The molecule has 1 aliphatic heterocycles. The monoisotopic (exact) mass is 375 g/mol. The second kappa shape index (κ2) is 6.47. The van der Waals surface area contributed by atoms with Gasteiger partial charge in [0.2, 0.25) is 5.91 Å². The van der Waals surface area contributed by atoms with Crippen molar-refractivity contribution in [2.45, 2.75) is 0 Å². The van der Waals surface area contributed by atoms with Crippen molar-refractivity contribution >= 4 is 34.3 Å². The second-order valence-corrected chi connectivity index (χ2v) is 5.93. The Labute approximate surface area is 126 Å². The van der Waals surface area contributed by atoms with Crippen LogP contribution in [0.1, 0.15) is 0 Å². The Morgan fingerprint density at radius 1 is 1.26 bits per heavy atom. The SMILES string of the molecule is CN(C)CC(=O)N1CCN(c2ccc(I)nn2)CC1. The highest BCUT2D eigenvalue weighted by Crippen LogP contribution is 2.13. The van der Waals surface area contributed by atoms with Gasteiger partial charge in [-0.3, -0.25) is 4.79 Å². The van der Waals surface area contributed by atoms with Crippen molar-refractivity contribution in [3.05, 3.63) is 15.8 Å². The van der Waals surface area contributed by atoms with E-state index in [-0.39, 0.29) is 5.91 Å². The number of nitrogens with zero attached hydrogens (tertiary/aromatic N) is 5. The van der Waals surface area contributed by atoms with Crippen LogP contribution < -0.4 is 4.90 Å². The van der Waals surface area contributed by atoms with Crippen molar-refractivity contribution in [1.29, 1.82) is 0 Å². The molecule has 0 saturated carbocycles. The Kier molecular flexibility index (Phi) is 4.92. The number of piperazine rings is 1. The summed E-state index contributed by atoms with van der Waals surface area (Å²) in [5.74, 6) is 1.08. The van der Waals surface area contributed by atoms with Crippen LogP contribution in [0.2, 0.25) is 0 Å². The number of amides is 1. The van der Waals surface area contributed by atoms with Crippen LogP contribution in [-0.4, -0.2) is 72.7 Å². The summed E-state index contributed by atoms with van der Waals surface area (Å²) in [7, 11) is 3.82. The molecule has 0 radical (unpaired) electrons. The van der Waals surface area contributed by atoms with E-state index in [1.807, 2.05) is 36.0 Å². The summed E-state index contributed by atoms with van der Waals surface area (Å²) in [4.78, 5) is 17.9. The van der Waals surface area contributed by atoms with Crippen molar-refractivity contribution in [3.63, 3.8) is 0 Å². The van der Waals surface area contributed by atoms with Crippen LogP contribution in [-0.2, 0) is 4.79 Å². The predicted octanol–water partition coefficient (Wildman–Crippen LogP) is 0.291. The number of likely N-dealkylation sites (N-methyl/N-ethyl adjacent to an activating group) is 1. The zero-order chi connectivity index (χ0) is 13.8. The Morgan fingerprint density at radius 3 is 2.47 bits per heavy atom. The van der Waals surface area contributed by atoms with Gasteiger partial charge in [0.05, 0.1) is 6.54 Å². The maximum absolute atomic E-state index is 11.9. The van der Waals surface area contributed by atoms with Gasteiger partial charge < -0.3 is 14.7 Å². The second-order valence-electron chi connectivity index (χ2n) is 4.82. The first kappa shape index (κ1) is 14.4. The number of anilines is 1. The minimum absolute atomic E-state index is 0.193. The average Bonchev–Trinajstić information content (AvgIpc) is 2.39. The quantitative estimate of drug-likeness (QED) is 0.712. The number of aromatic nitrogens is 2. The highest BCUT2D eigenvalue weighted by Gasteiger charge is 2.22. The molecule has 1 aromatic rings. The summed E-state index contributed by atoms with van der Waals surface area (Å²) < 4.78 is 0.890. The van der Waals surface area contributed by atoms with Crippen molar-refractivity contribution in [2.75, 3.05) is 51.7 Å². The van der Waals surface area contributed by atoms with Crippen LogP contribution >= 0.6 is 22.6 Å². The first-order valence-corrected chi connectivity index (χ1v) is 7.31. The van der Waals surface area contributed by atoms with E-state index in [2.05, 4.69) is 37.7 Å². The fourth-order valence-corrected chi connectivity index (χ4v) is 2.32. The molecule has 2 rings (SSSR count). The van der Waals surface area contributed by atoms with Gasteiger partial charge in [-0.15, -0.1) is 10.2 Å². The highest BCUT2D eigenvalue weighted by atomic mass is 127. The molecule has 1 saturated heterocycles. The van der Waals surface area contributed by atoms with E-state index in [4.69, 9.17) is 0 Å². The normalized spacial score (nSPS) is 16.0. The predicted molar refractivity (Wildman–Crippen MR) is 82.1 cm³/mol. The van der Waals surface area contributed by atoms with E-state index < -0.39 is 0 Å². The minimum atomic E-state index is 0.193. The third-order valence-electron chi connectivity index (χ3n) is 3.03. The van der Waals surface area contributed by atoms with Gasteiger partial charge in [0.25, 0.3) is 0 Å². The number of hydrogen-bond donors (Lipinski definition) is 0. The van der Waals surface area contributed by atoms with Crippen molar-refractivity contribution in [2.24, 2.45) is 0 Å². The molecule has 1 aromatic heterocycles. The Hall–Kier alpha value is -0.960. The van der Waals surface area contributed by atoms with Gasteiger partial charge in [0.1, 0.15) is 3.70 Å². The zero-order valence-corrected chi connectivity index (χ0v) is 13.4. The third kappa shape index (κ3) is 4.00. The molecule has 0 N–H and O–H groups in total. The van der Waals surface area contributed by atoms with E-state index >= 15 is 0 Å². The molecule has 0 bridgehead atoms. The number of halogens is 1. The molecular weight excluding hydrogens is 357 g/mol. The zero-order valence-electron chi connectivity index (χ0n) is 11.2. The van der Waals surface area contributed by atoms with Gasteiger partial charge in [-0.1, -0.05) is 0 Å². The molecule has 1 amide bonds. The minimum Gasteiger partial charge on any atom is -0.352 e.